The molecule has 22 heavy (non-hydrogen) atoms. The first-order chi connectivity index (χ1) is 10.6. The molecule has 2 heterocycles. The normalized spacial score (nSPS) is 17.6. The van der Waals surface area contributed by atoms with Gasteiger partial charge < -0.3 is 15.0 Å². The van der Waals surface area contributed by atoms with Gasteiger partial charge in [-0.3, -0.25) is 14.5 Å². The number of nitrogens with one attached hydrogen (secondary N) is 1. The number of nitrogens with zero attached hydrogens (tertiary/aromatic N) is 2. The lowest BCUT2D eigenvalue weighted by Crippen LogP contribution is -2.48. The molecule has 1 fully saturated rings. The summed E-state index contributed by atoms with van der Waals surface area (Å²) in [4.78, 5) is 29.2. The van der Waals surface area contributed by atoms with Gasteiger partial charge in [0.05, 0.1) is 0 Å². The minimum Gasteiger partial charge on any atom is -0.480 e. The van der Waals surface area contributed by atoms with E-state index in [0.717, 1.165) is 22.9 Å². The number of piperazine rings is 1. The Morgan fingerprint density at radius 3 is 2.68 bits per heavy atom. The van der Waals surface area contributed by atoms with Crippen molar-refractivity contribution in [2.45, 2.75) is 6.04 Å². The van der Waals surface area contributed by atoms with Crippen molar-refractivity contribution in [2.75, 3.05) is 26.2 Å². The van der Waals surface area contributed by atoms with E-state index in [2.05, 4.69) is 4.98 Å². The summed E-state index contributed by atoms with van der Waals surface area (Å²) in [5.41, 5.74) is 1.54. The van der Waals surface area contributed by atoms with Gasteiger partial charge in [0.2, 0.25) is 6.41 Å². The van der Waals surface area contributed by atoms with Crippen molar-refractivity contribution in [2.24, 2.45) is 0 Å². The van der Waals surface area contributed by atoms with Gasteiger partial charge in [0.15, 0.2) is 0 Å². The van der Waals surface area contributed by atoms with Crippen molar-refractivity contribution in [1.82, 2.24) is 14.8 Å². The number of fused-ring (bicyclic) bond motifs is 1. The highest BCUT2D eigenvalue weighted by Gasteiger charge is 2.31. The predicted molar refractivity (Wildman–Crippen MR) is 82.9 cm³/mol. The van der Waals surface area contributed by atoms with Crippen LogP contribution in [0.25, 0.3) is 10.9 Å². The molecule has 1 aromatic heterocycles. The molecule has 2 aromatic rings. The number of carboxylic acid groups (broad SMARTS) is 1. The van der Waals surface area contributed by atoms with E-state index in [1.54, 1.807) is 23.2 Å². The molecule has 116 valence electrons. The fraction of sp³-hybridized carbons (Fsp3) is 0.333. The number of halogens is 1. The molecule has 6 nitrogen and oxygen atoms in total. The minimum atomic E-state index is -0.893. The number of amides is 1. The van der Waals surface area contributed by atoms with Crippen molar-refractivity contribution < 1.29 is 14.7 Å². The van der Waals surface area contributed by atoms with Gasteiger partial charge in [-0.15, -0.1) is 0 Å². The summed E-state index contributed by atoms with van der Waals surface area (Å²) in [7, 11) is 0. The van der Waals surface area contributed by atoms with Gasteiger partial charge >= 0.3 is 5.97 Å². The summed E-state index contributed by atoms with van der Waals surface area (Å²) in [6, 6.07) is 4.64. The van der Waals surface area contributed by atoms with Gasteiger partial charge in [0.25, 0.3) is 0 Å². The minimum absolute atomic E-state index is 0.538. The van der Waals surface area contributed by atoms with Gasteiger partial charge in [-0.25, -0.2) is 0 Å². The lowest BCUT2D eigenvalue weighted by Gasteiger charge is -2.36. The lowest BCUT2D eigenvalue weighted by molar-refractivity contribution is -0.144. The number of rotatable bonds is 4. The van der Waals surface area contributed by atoms with Crippen LogP contribution in [0, 0.1) is 0 Å². The zero-order valence-electron chi connectivity index (χ0n) is 11.8. The molecule has 7 heteroatoms. The molecule has 2 N–H and O–H groups in total. The van der Waals surface area contributed by atoms with Crippen molar-refractivity contribution in [1.29, 1.82) is 0 Å². The van der Waals surface area contributed by atoms with E-state index >= 15 is 0 Å². The van der Waals surface area contributed by atoms with Gasteiger partial charge in [0.1, 0.15) is 6.04 Å². The smallest absolute Gasteiger partial charge is 0.325 e. The highest BCUT2D eigenvalue weighted by atomic mass is 35.5. The second kappa shape index (κ2) is 5.98. The quantitative estimate of drug-likeness (QED) is 0.841. The molecule has 0 spiro atoms. The first kappa shape index (κ1) is 14.9. The van der Waals surface area contributed by atoms with Gasteiger partial charge in [0, 0.05) is 53.9 Å². The van der Waals surface area contributed by atoms with E-state index in [9.17, 15) is 14.7 Å². The molecule has 1 amide bonds. The van der Waals surface area contributed by atoms with Crippen LogP contribution < -0.4 is 0 Å². The number of carbonyl (C=O) groups excluding carboxylic acids is 1. The molecule has 0 saturated carbocycles. The molecule has 1 aromatic carbocycles. The second-order valence-corrected chi connectivity index (χ2v) is 5.79. The maximum absolute atomic E-state index is 11.8. The number of hydrogen-bond donors (Lipinski definition) is 2. The topological polar surface area (TPSA) is 76.6 Å². The van der Waals surface area contributed by atoms with Crippen LogP contribution in [-0.4, -0.2) is 58.4 Å². The Labute approximate surface area is 132 Å². The van der Waals surface area contributed by atoms with Crippen LogP contribution in [0.15, 0.2) is 24.4 Å². The molecule has 1 saturated heterocycles. The number of carbonyl (C=O) groups is 2. The summed E-state index contributed by atoms with van der Waals surface area (Å²) in [5, 5.41) is 11.1. The second-order valence-electron chi connectivity index (χ2n) is 5.35. The third-order valence-corrected chi connectivity index (χ3v) is 4.30. The maximum atomic E-state index is 11.8. The average molecular weight is 322 g/mol. The average Bonchev–Trinajstić information content (AvgIpc) is 2.90. The number of carboxylic acids is 1. The molecular formula is C15H16ClN3O3. The van der Waals surface area contributed by atoms with Gasteiger partial charge in [-0.05, 0) is 12.1 Å². The Morgan fingerprint density at radius 1 is 1.32 bits per heavy atom. The number of H-pyrrole nitrogens is 1. The van der Waals surface area contributed by atoms with Crippen molar-refractivity contribution in [3.63, 3.8) is 0 Å². The fourth-order valence-electron chi connectivity index (χ4n) is 2.93. The Hall–Kier alpha value is -2.05. The van der Waals surface area contributed by atoms with Crippen LogP contribution in [0.1, 0.15) is 11.6 Å². The Morgan fingerprint density at radius 2 is 2.05 bits per heavy atom. The zero-order chi connectivity index (χ0) is 15.7. The highest BCUT2D eigenvalue weighted by molar-refractivity contribution is 6.31. The molecule has 1 unspecified atom stereocenters. The largest absolute Gasteiger partial charge is 0.480 e. The van der Waals surface area contributed by atoms with Crippen LogP contribution >= 0.6 is 11.6 Å². The monoisotopic (exact) mass is 321 g/mol. The molecule has 0 aliphatic carbocycles. The molecule has 1 aliphatic heterocycles. The number of aromatic nitrogens is 1. The Bertz CT molecular complexity index is 707. The fourth-order valence-corrected chi connectivity index (χ4v) is 3.11. The first-order valence-electron chi connectivity index (χ1n) is 7.03. The summed E-state index contributed by atoms with van der Waals surface area (Å²) in [5.74, 6) is -0.893. The molecule has 0 bridgehead atoms. The van der Waals surface area contributed by atoms with Gasteiger partial charge in [-0.1, -0.05) is 17.7 Å². The number of aliphatic carboxylic acids is 1. The van der Waals surface area contributed by atoms with E-state index < -0.39 is 12.0 Å². The van der Waals surface area contributed by atoms with E-state index in [4.69, 9.17) is 11.6 Å². The van der Waals surface area contributed by atoms with Crippen LogP contribution in [0.5, 0.6) is 0 Å². The molecule has 1 atom stereocenters. The first-order valence-corrected chi connectivity index (χ1v) is 7.40. The number of aromatic amines is 1. The number of benzene rings is 1. The summed E-state index contributed by atoms with van der Waals surface area (Å²) >= 11 is 5.97. The van der Waals surface area contributed by atoms with Crippen molar-refractivity contribution in [3.05, 3.63) is 35.0 Å². The number of hydrogen-bond acceptors (Lipinski definition) is 3. The van der Waals surface area contributed by atoms with E-state index in [-0.39, 0.29) is 0 Å². The van der Waals surface area contributed by atoms with Crippen LogP contribution in [-0.2, 0) is 9.59 Å². The standard InChI is InChI=1S/C15H16ClN3O3/c16-10-1-2-11-12(8-17-13(11)7-10)14(15(21)22)19-5-3-18(9-20)4-6-19/h1-2,7-9,14,17H,3-6H2,(H,21,22). The SMILES string of the molecule is O=CN1CCN(C(C(=O)O)c2c[nH]c3cc(Cl)ccc23)CC1. The maximum Gasteiger partial charge on any atom is 0.325 e. The summed E-state index contributed by atoms with van der Waals surface area (Å²) in [6.07, 6.45) is 2.53. The van der Waals surface area contributed by atoms with Crippen LogP contribution in [0.3, 0.4) is 0 Å². The molecule has 3 rings (SSSR count). The molecule has 1 aliphatic rings. The van der Waals surface area contributed by atoms with Crippen LogP contribution in [0.4, 0.5) is 0 Å². The summed E-state index contributed by atoms with van der Waals surface area (Å²) in [6.45, 7) is 2.16. The third-order valence-electron chi connectivity index (χ3n) is 4.07. The van der Waals surface area contributed by atoms with Crippen molar-refractivity contribution in [3.8, 4) is 0 Å². The van der Waals surface area contributed by atoms with E-state index in [1.165, 1.54) is 0 Å². The zero-order valence-corrected chi connectivity index (χ0v) is 12.6. The predicted octanol–water partition coefficient (Wildman–Crippen LogP) is 1.72. The Balaban J connectivity index is 1.93. The van der Waals surface area contributed by atoms with E-state index in [0.29, 0.717) is 31.2 Å². The third kappa shape index (κ3) is 2.67. The molecule has 0 radical (unpaired) electrons. The van der Waals surface area contributed by atoms with Gasteiger partial charge in [-0.2, -0.15) is 0 Å². The van der Waals surface area contributed by atoms with Crippen molar-refractivity contribution >= 4 is 34.9 Å². The Kier molecular flexibility index (Phi) is 4.04. The highest BCUT2D eigenvalue weighted by Crippen LogP contribution is 2.30. The van der Waals surface area contributed by atoms with Crippen LogP contribution in [0.2, 0.25) is 5.02 Å². The summed E-state index contributed by atoms with van der Waals surface area (Å²) < 4.78 is 0. The lowest BCUT2D eigenvalue weighted by atomic mass is 10.0. The molecular weight excluding hydrogens is 306 g/mol. The van der Waals surface area contributed by atoms with E-state index in [1.807, 2.05) is 11.0 Å².